The normalized spacial score (nSPS) is 11.8. The number of halogens is 3. The topological polar surface area (TPSA) is 8.17 Å². The summed E-state index contributed by atoms with van der Waals surface area (Å²) in [6.07, 6.45) is -4.44. The van der Waals surface area contributed by atoms with Gasteiger partial charge in [0.2, 0.25) is 0 Å². The fraction of sp³-hybridized carbons (Fsp3) is 0.0175. The van der Waals surface area contributed by atoms with Crippen molar-refractivity contribution >= 4 is 60.4 Å². The monoisotopic (exact) mass is 806 g/mol. The van der Waals surface area contributed by atoms with Crippen molar-refractivity contribution < 1.29 is 13.2 Å². The fourth-order valence-electron chi connectivity index (χ4n) is 9.21. The second-order valence-corrected chi connectivity index (χ2v) is 15.6. The van der Waals surface area contributed by atoms with Gasteiger partial charge in [0.15, 0.2) is 0 Å². The van der Waals surface area contributed by atoms with Crippen LogP contribution in [-0.4, -0.2) is 4.57 Å². The first kappa shape index (κ1) is 37.1. The number of anilines is 3. The fourth-order valence-corrected chi connectivity index (χ4v) is 9.21. The zero-order valence-corrected chi connectivity index (χ0v) is 33.4. The molecule has 5 heteroatoms. The Morgan fingerprint density at radius 2 is 0.774 bits per heavy atom. The number of alkyl halides is 3. The minimum atomic E-state index is -4.44. The Balaban J connectivity index is 0.977. The first-order valence-electron chi connectivity index (χ1n) is 20.7. The maximum absolute atomic E-state index is 13.8. The summed E-state index contributed by atoms with van der Waals surface area (Å²) >= 11 is 0. The molecular weight excluding hydrogens is 770 g/mol. The van der Waals surface area contributed by atoms with Gasteiger partial charge in [0, 0.05) is 33.5 Å². The lowest BCUT2D eigenvalue weighted by Gasteiger charge is -2.26. The molecule has 0 bridgehead atoms. The highest BCUT2D eigenvalue weighted by atomic mass is 19.4. The molecule has 0 saturated heterocycles. The van der Waals surface area contributed by atoms with Crippen LogP contribution in [0.2, 0.25) is 0 Å². The first-order valence-corrected chi connectivity index (χ1v) is 20.7. The molecule has 11 rings (SSSR count). The van der Waals surface area contributed by atoms with Crippen LogP contribution in [0.5, 0.6) is 0 Å². The molecular formula is C57H37F3N2. The van der Waals surface area contributed by atoms with E-state index in [4.69, 9.17) is 0 Å². The third kappa shape index (κ3) is 6.38. The second-order valence-electron chi connectivity index (χ2n) is 15.6. The van der Waals surface area contributed by atoms with E-state index in [1.165, 1.54) is 50.4 Å². The number of hydrogen-bond donors (Lipinski definition) is 0. The molecule has 0 atom stereocenters. The van der Waals surface area contributed by atoms with Gasteiger partial charge in [-0.1, -0.05) is 152 Å². The molecule has 0 aliphatic rings. The number of benzene rings is 10. The average Bonchev–Trinajstić information content (AvgIpc) is 3.65. The van der Waals surface area contributed by atoms with E-state index in [9.17, 15) is 13.2 Å². The van der Waals surface area contributed by atoms with Crippen molar-refractivity contribution in [1.82, 2.24) is 4.57 Å². The van der Waals surface area contributed by atoms with Crippen LogP contribution in [-0.2, 0) is 6.18 Å². The molecule has 0 amide bonds. The molecule has 0 radical (unpaired) electrons. The smallest absolute Gasteiger partial charge is 0.311 e. The Labute approximate surface area is 357 Å². The van der Waals surface area contributed by atoms with Crippen LogP contribution in [0.4, 0.5) is 30.2 Å². The molecule has 0 saturated carbocycles. The van der Waals surface area contributed by atoms with E-state index >= 15 is 0 Å². The summed E-state index contributed by atoms with van der Waals surface area (Å²) in [6.45, 7) is 0. The molecule has 0 aliphatic heterocycles. The number of fused-ring (bicyclic) bond motifs is 5. The van der Waals surface area contributed by atoms with Crippen molar-refractivity contribution in [2.24, 2.45) is 0 Å². The molecule has 0 spiro atoms. The summed E-state index contributed by atoms with van der Waals surface area (Å²) in [5.74, 6) is 0. The molecule has 62 heavy (non-hydrogen) atoms. The Kier molecular flexibility index (Phi) is 8.97. The van der Waals surface area contributed by atoms with E-state index in [1.807, 2.05) is 47.0 Å². The standard InChI is InChI=1S/C57H37F3N2/c58-57(59,60)42-16-13-19-46(37-42)62-53-25-12-11-20-47(53)52-36-41(30-35-54(52)62)38-26-31-44(32-27-38)61(43-17-5-2-6-18-43)45-33-28-40(29-34-45)56-50-23-9-7-21-48(50)55(39-14-3-1-4-15-39)49-22-8-10-24-51(49)56/h1-37H. The van der Waals surface area contributed by atoms with Gasteiger partial charge in [0.25, 0.3) is 0 Å². The summed E-state index contributed by atoms with van der Waals surface area (Å²) in [5, 5.41) is 6.83. The van der Waals surface area contributed by atoms with Gasteiger partial charge in [-0.05, 0) is 128 Å². The van der Waals surface area contributed by atoms with Crippen molar-refractivity contribution in [2.75, 3.05) is 4.90 Å². The van der Waals surface area contributed by atoms with Crippen LogP contribution in [0.25, 0.3) is 82.4 Å². The van der Waals surface area contributed by atoms with Gasteiger partial charge in [-0.15, -0.1) is 0 Å². The molecule has 11 aromatic rings. The van der Waals surface area contributed by atoms with Crippen molar-refractivity contribution in [3.8, 4) is 39.1 Å². The summed E-state index contributed by atoms with van der Waals surface area (Å²) in [6, 6.07) is 75.6. The highest BCUT2D eigenvalue weighted by Crippen LogP contribution is 2.45. The lowest BCUT2D eigenvalue weighted by molar-refractivity contribution is -0.137. The Bertz CT molecular complexity index is 3370. The highest BCUT2D eigenvalue weighted by Gasteiger charge is 2.31. The molecule has 0 aliphatic carbocycles. The first-order chi connectivity index (χ1) is 30.4. The molecule has 2 nitrogen and oxygen atoms in total. The molecule has 1 aromatic heterocycles. The highest BCUT2D eigenvalue weighted by molar-refractivity contribution is 6.21. The summed E-state index contributed by atoms with van der Waals surface area (Å²) < 4.78 is 43.2. The zero-order chi connectivity index (χ0) is 41.8. The van der Waals surface area contributed by atoms with Crippen LogP contribution in [0.15, 0.2) is 224 Å². The molecule has 10 aromatic carbocycles. The molecule has 296 valence electrons. The van der Waals surface area contributed by atoms with Gasteiger partial charge in [-0.3, -0.25) is 0 Å². The van der Waals surface area contributed by atoms with Crippen molar-refractivity contribution in [3.63, 3.8) is 0 Å². The second kappa shape index (κ2) is 15.0. The van der Waals surface area contributed by atoms with Crippen LogP contribution >= 0.6 is 0 Å². The van der Waals surface area contributed by atoms with Crippen molar-refractivity contribution in [1.29, 1.82) is 0 Å². The van der Waals surface area contributed by atoms with E-state index in [0.29, 0.717) is 5.69 Å². The van der Waals surface area contributed by atoms with Crippen LogP contribution < -0.4 is 4.90 Å². The van der Waals surface area contributed by atoms with Gasteiger partial charge in [0.05, 0.1) is 16.6 Å². The Morgan fingerprint density at radius 1 is 0.323 bits per heavy atom. The minimum absolute atomic E-state index is 0.472. The van der Waals surface area contributed by atoms with Gasteiger partial charge in [-0.25, -0.2) is 0 Å². The minimum Gasteiger partial charge on any atom is -0.311 e. The maximum atomic E-state index is 13.8. The molecule has 0 unspecified atom stereocenters. The summed E-state index contributed by atoms with van der Waals surface area (Å²) in [5.41, 5.74) is 11.4. The SMILES string of the molecule is FC(F)(F)c1cccc(-n2c3ccccc3c3cc(-c4ccc(N(c5ccccc5)c5ccc(-c6c7ccccc7c(-c7ccccc7)c7ccccc67)cc5)cc4)ccc32)c1. The van der Waals surface area contributed by atoms with Gasteiger partial charge in [-0.2, -0.15) is 13.2 Å². The van der Waals surface area contributed by atoms with Gasteiger partial charge in [0.1, 0.15) is 0 Å². The number of para-hydroxylation sites is 2. The Morgan fingerprint density at radius 3 is 1.35 bits per heavy atom. The van der Waals surface area contributed by atoms with Crippen LogP contribution in [0.1, 0.15) is 5.56 Å². The van der Waals surface area contributed by atoms with E-state index < -0.39 is 11.7 Å². The van der Waals surface area contributed by atoms with Gasteiger partial charge >= 0.3 is 6.18 Å². The molecule has 0 fully saturated rings. The van der Waals surface area contributed by atoms with Crippen molar-refractivity contribution in [2.45, 2.75) is 6.18 Å². The van der Waals surface area contributed by atoms with E-state index in [2.05, 4.69) is 163 Å². The lowest BCUT2D eigenvalue weighted by atomic mass is 9.86. The van der Waals surface area contributed by atoms with Crippen LogP contribution in [0.3, 0.4) is 0 Å². The quantitative estimate of drug-likeness (QED) is 0.146. The van der Waals surface area contributed by atoms with E-state index in [-0.39, 0.29) is 0 Å². The maximum Gasteiger partial charge on any atom is 0.416 e. The lowest BCUT2D eigenvalue weighted by Crippen LogP contribution is -2.09. The van der Waals surface area contributed by atoms with Crippen molar-refractivity contribution in [3.05, 3.63) is 230 Å². The zero-order valence-electron chi connectivity index (χ0n) is 33.4. The predicted molar refractivity (Wildman–Crippen MR) is 252 cm³/mol. The third-order valence-corrected chi connectivity index (χ3v) is 12.0. The number of aromatic nitrogens is 1. The van der Waals surface area contributed by atoms with E-state index in [1.54, 1.807) is 6.07 Å². The summed E-state index contributed by atoms with van der Waals surface area (Å²) in [4.78, 5) is 2.27. The van der Waals surface area contributed by atoms with Gasteiger partial charge < -0.3 is 9.47 Å². The number of rotatable bonds is 7. The predicted octanol–water partition coefficient (Wildman–Crippen LogP) is 16.6. The third-order valence-electron chi connectivity index (χ3n) is 12.0. The number of nitrogens with zero attached hydrogens (tertiary/aromatic N) is 2. The molecule has 1 heterocycles. The van der Waals surface area contributed by atoms with Crippen LogP contribution in [0, 0.1) is 0 Å². The molecule has 0 N–H and O–H groups in total. The largest absolute Gasteiger partial charge is 0.416 e. The number of hydrogen-bond acceptors (Lipinski definition) is 1. The Hall–Kier alpha value is -7.89. The summed E-state index contributed by atoms with van der Waals surface area (Å²) in [7, 11) is 0. The average molecular weight is 807 g/mol. The van der Waals surface area contributed by atoms with E-state index in [0.717, 1.165) is 61.6 Å².